The van der Waals surface area contributed by atoms with Crippen LogP contribution in [0.2, 0.25) is 0 Å². The van der Waals surface area contributed by atoms with Gasteiger partial charge in [0.25, 0.3) is 0 Å². The molecule has 11 nitrogen and oxygen atoms in total. The molecule has 0 spiro atoms. The highest BCUT2D eigenvalue weighted by molar-refractivity contribution is 5.94. The number of benzene rings is 2. The van der Waals surface area contributed by atoms with Crippen LogP contribution >= 0.6 is 0 Å². The maximum atomic E-state index is 13.5. The van der Waals surface area contributed by atoms with Gasteiger partial charge in [-0.25, -0.2) is 4.79 Å². The van der Waals surface area contributed by atoms with E-state index in [1.54, 1.807) is 13.1 Å². The van der Waals surface area contributed by atoms with Crippen molar-refractivity contribution < 1.29 is 24.3 Å². The topological polar surface area (TPSA) is 192 Å². The van der Waals surface area contributed by atoms with Gasteiger partial charge < -0.3 is 37.5 Å². The number of H-pyrrole nitrogens is 1. The van der Waals surface area contributed by atoms with Crippen molar-refractivity contribution in [3.63, 3.8) is 0 Å². The number of carbonyl (C=O) groups excluding carboxylic acids is 3. The summed E-state index contributed by atoms with van der Waals surface area (Å²) >= 11 is 0. The zero-order valence-electron chi connectivity index (χ0n) is 24.8. The van der Waals surface area contributed by atoms with Gasteiger partial charge in [-0.05, 0) is 55.3 Å². The molecule has 3 amide bonds. The number of carboxylic acids is 1. The third kappa shape index (κ3) is 9.65. The summed E-state index contributed by atoms with van der Waals surface area (Å²) in [7, 11) is 0. The van der Waals surface area contributed by atoms with E-state index >= 15 is 0 Å². The van der Waals surface area contributed by atoms with E-state index in [2.05, 4.69) is 20.9 Å². The number of aliphatic carboxylic acids is 1. The highest BCUT2D eigenvalue weighted by Crippen LogP contribution is 2.19. The van der Waals surface area contributed by atoms with Crippen molar-refractivity contribution in [3.8, 4) is 0 Å². The fraction of sp³-hybridized carbons (Fsp3) is 0.438. The number of aromatic amines is 1. The van der Waals surface area contributed by atoms with Gasteiger partial charge in [0.1, 0.15) is 18.1 Å². The number of amides is 3. The van der Waals surface area contributed by atoms with E-state index in [4.69, 9.17) is 11.5 Å². The molecule has 0 aliphatic carbocycles. The molecule has 0 aliphatic rings. The van der Waals surface area contributed by atoms with Crippen LogP contribution in [0.25, 0.3) is 10.9 Å². The Hall–Kier alpha value is -4.22. The summed E-state index contributed by atoms with van der Waals surface area (Å²) in [5.41, 5.74) is 14.3. The number of unbranched alkanes of at least 4 members (excludes halogenated alkanes) is 1. The Kier molecular flexibility index (Phi) is 12.7. The first-order valence-corrected chi connectivity index (χ1v) is 14.8. The first-order chi connectivity index (χ1) is 20.6. The summed E-state index contributed by atoms with van der Waals surface area (Å²) < 4.78 is 0. The van der Waals surface area contributed by atoms with Crippen molar-refractivity contribution in [1.82, 2.24) is 20.9 Å². The lowest BCUT2D eigenvalue weighted by atomic mass is 9.96. The lowest BCUT2D eigenvalue weighted by molar-refractivity contribution is -0.142. The number of hydrogen-bond acceptors (Lipinski definition) is 6. The molecule has 1 heterocycles. The zero-order valence-corrected chi connectivity index (χ0v) is 24.8. The Morgan fingerprint density at radius 3 is 2.21 bits per heavy atom. The summed E-state index contributed by atoms with van der Waals surface area (Å²) in [6.45, 7) is 4.11. The summed E-state index contributed by atoms with van der Waals surface area (Å²) in [6.07, 6.45) is 4.17. The number of nitrogens with two attached hydrogens (primary N) is 2. The molecular weight excluding hydrogens is 548 g/mol. The van der Waals surface area contributed by atoms with E-state index in [0.717, 1.165) is 22.0 Å². The molecule has 2 aromatic carbocycles. The summed E-state index contributed by atoms with van der Waals surface area (Å²) in [5, 5.41) is 19.0. The maximum absolute atomic E-state index is 13.5. The minimum absolute atomic E-state index is 0.0589. The number of carboxylic acid groups (broad SMARTS) is 1. The van der Waals surface area contributed by atoms with E-state index in [-0.39, 0.29) is 12.3 Å². The van der Waals surface area contributed by atoms with E-state index in [1.165, 1.54) is 0 Å². The number of carbonyl (C=O) groups is 4. The summed E-state index contributed by atoms with van der Waals surface area (Å²) in [4.78, 5) is 55.3. The van der Waals surface area contributed by atoms with Gasteiger partial charge in [0, 0.05) is 23.5 Å². The molecular formula is C32H44N6O5. The van der Waals surface area contributed by atoms with E-state index < -0.39 is 47.9 Å². The third-order valence-electron chi connectivity index (χ3n) is 7.72. The molecule has 1 aromatic heterocycles. The van der Waals surface area contributed by atoms with Crippen molar-refractivity contribution >= 4 is 34.6 Å². The van der Waals surface area contributed by atoms with Crippen molar-refractivity contribution in [2.24, 2.45) is 17.4 Å². The lowest BCUT2D eigenvalue weighted by Gasteiger charge is -2.28. The Morgan fingerprint density at radius 1 is 0.860 bits per heavy atom. The van der Waals surface area contributed by atoms with Crippen LogP contribution in [-0.4, -0.2) is 64.5 Å². The standard InChI is InChI=1S/C32H44N6O5/c1-3-20(2)28(31(41)37-27(32(42)43)18-22-19-35-25-14-8-7-13-23(22)25)38-30(40)26(15-9-10-16-33)36-29(39)24(34)17-21-11-5-4-6-12-21/h4-8,11-14,19-20,24,26-28,35H,3,9-10,15-18,33-34H2,1-2H3,(H,36,39)(H,37,41)(H,38,40)(H,42,43). The number of aromatic nitrogens is 1. The first kappa shape index (κ1) is 33.3. The van der Waals surface area contributed by atoms with Crippen molar-refractivity contribution in [2.45, 2.75) is 76.5 Å². The molecule has 9 N–H and O–H groups in total. The highest BCUT2D eigenvalue weighted by atomic mass is 16.4. The summed E-state index contributed by atoms with van der Waals surface area (Å²) in [6, 6.07) is 12.8. The molecule has 5 atom stereocenters. The Balaban J connectivity index is 1.72. The van der Waals surface area contributed by atoms with Crippen LogP contribution in [0.1, 0.15) is 50.7 Å². The first-order valence-electron chi connectivity index (χ1n) is 14.8. The van der Waals surface area contributed by atoms with Gasteiger partial charge in [-0.1, -0.05) is 68.8 Å². The van der Waals surface area contributed by atoms with Gasteiger partial charge in [-0.15, -0.1) is 0 Å². The fourth-order valence-electron chi connectivity index (χ4n) is 4.94. The molecule has 0 radical (unpaired) electrons. The molecule has 0 saturated heterocycles. The van der Waals surface area contributed by atoms with Crippen LogP contribution < -0.4 is 27.4 Å². The second kappa shape index (κ2) is 16.4. The Morgan fingerprint density at radius 2 is 1.53 bits per heavy atom. The predicted octanol–water partition coefficient (Wildman–Crippen LogP) is 1.99. The number of fused-ring (bicyclic) bond motifs is 1. The number of nitrogens with one attached hydrogen (secondary N) is 4. The van der Waals surface area contributed by atoms with E-state index in [0.29, 0.717) is 38.6 Å². The highest BCUT2D eigenvalue weighted by Gasteiger charge is 2.33. The van der Waals surface area contributed by atoms with Gasteiger partial charge in [-0.2, -0.15) is 0 Å². The number of rotatable bonds is 17. The van der Waals surface area contributed by atoms with Gasteiger partial charge in [-0.3, -0.25) is 14.4 Å². The van der Waals surface area contributed by atoms with Crippen molar-refractivity contribution in [2.75, 3.05) is 6.54 Å². The van der Waals surface area contributed by atoms with Gasteiger partial charge in [0.05, 0.1) is 6.04 Å². The average molecular weight is 593 g/mol. The minimum atomic E-state index is -1.22. The van der Waals surface area contributed by atoms with Gasteiger partial charge in [0.15, 0.2) is 0 Å². The molecule has 3 rings (SSSR count). The Bertz CT molecular complexity index is 1360. The van der Waals surface area contributed by atoms with Crippen molar-refractivity contribution in [1.29, 1.82) is 0 Å². The van der Waals surface area contributed by atoms with E-state index in [9.17, 15) is 24.3 Å². The minimum Gasteiger partial charge on any atom is -0.480 e. The van der Waals surface area contributed by atoms with Crippen LogP contribution in [0.15, 0.2) is 60.8 Å². The zero-order chi connectivity index (χ0) is 31.4. The third-order valence-corrected chi connectivity index (χ3v) is 7.72. The van der Waals surface area contributed by atoms with Crippen LogP contribution in [0.4, 0.5) is 0 Å². The largest absolute Gasteiger partial charge is 0.480 e. The van der Waals surface area contributed by atoms with Crippen LogP contribution in [-0.2, 0) is 32.0 Å². The quantitative estimate of drug-likeness (QED) is 0.117. The van der Waals surface area contributed by atoms with E-state index in [1.807, 2.05) is 61.5 Å². The average Bonchev–Trinajstić information content (AvgIpc) is 3.41. The summed E-state index contributed by atoms with van der Waals surface area (Å²) in [5.74, 6) is -3.13. The smallest absolute Gasteiger partial charge is 0.326 e. The Labute approximate surface area is 252 Å². The molecule has 0 bridgehead atoms. The molecule has 43 heavy (non-hydrogen) atoms. The normalized spacial score (nSPS) is 14.7. The number of para-hydroxylation sites is 1. The predicted molar refractivity (Wildman–Crippen MR) is 166 cm³/mol. The fourth-order valence-corrected chi connectivity index (χ4v) is 4.94. The lowest BCUT2D eigenvalue weighted by Crippen LogP contribution is -2.59. The van der Waals surface area contributed by atoms with Crippen LogP contribution in [0, 0.1) is 5.92 Å². The maximum Gasteiger partial charge on any atom is 0.326 e. The number of hydrogen-bond donors (Lipinski definition) is 7. The molecule has 0 saturated carbocycles. The molecule has 0 fully saturated rings. The molecule has 11 heteroatoms. The monoisotopic (exact) mass is 592 g/mol. The molecule has 0 aliphatic heterocycles. The van der Waals surface area contributed by atoms with Crippen LogP contribution in [0.3, 0.4) is 0 Å². The van der Waals surface area contributed by atoms with Gasteiger partial charge in [0.2, 0.25) is 17.7 Å². The molecule has 5 unspecified atom stereocenters. The second-order valence-electron chi connectivity index (χ2n) is 11.0. The van der Waals surface area contributed by atoms with Gasteiger partial charge >= 0.3 is 5.97 Å². The second-order valence-corrected chi connectivity index (χ2v) is 11.0. The van der Waals surface area contributed by atoms with Crippen molar-refractivity contribution in [3.05, 3.63) is 71.9 Å². The molecule has 232 valence electrons. The SMILES string of the molecule is CCC(C)C(NC(=O)C(CCCCN)NC(=O)C(N)Cc1ccccc1)C(=O)NC(Cc1c[nH]c2ccccc12)C(=O)O. The van der Waals surface area contributed by atoms with Crippen LogP contribution in [0.5, 0.6) is 0 Å². The molecule has 3 aromatic rings.